The number of halogens is 6. The van der Waals surface area contributed by atoms with Crippen LogP contribution in [0.4, 0.5) is 40.7 Å². The predicted octanol–water partition coefficient (Wildman–Crippen LogP) is 12.6. The summed E-state index contributed by atoms with van der Waals surface area (Å²) in [6.45, 7) is 22.5. The number of hydrogen-bond donors (Lipinski definition) is 3. The SMILES string of the molecule is CC[C@@H]1[C@@H]2CN(C(=O)[C@H](C(C)(C)C)NC(=O)O[C@@H]3C[C@H]3COCCC(F)(F)c3nc4ccc(OC)cc4nc3O2)[C@@H]1[C-]=O.COc1ccc2nc3c(nc2c1)O[C@H]1CN(C(=O)[C@H](C(C)(C)C)NC(=O)O[C@@H]2CC4CC4[C@H]2OCCCC3(F)F)[C@H]([C-]=O)[C@@H]1C.COc1ccc2nc3c(nc2c1)O[C@H]1CN(C(=O)[C@H](C(C)(C)C)NC(=O)O[C@]2(C)CCC[C@H]2OCCCC3(F)F)[C@H]([C-]=O)[C@@H]1C.[V].[V].[V]. The fourth-order valence-electron chi connectivity index (χ4n) is 18.9. The number of alkyl carbamates (subject to hydrolysis) is 3. The van der Waals surface area contributed by atoms with Crippen molar-refractivity contribution in [1.82, 2.24) is 60.6 Å². The Morgan fingerprint density at radius 3 is 1.26 bits per heavy atom. The molecule has 9 heterocycles. The van der Waals surface area contributed by atoms with Crippen molar-refractivity contribution < 1.29 is 182 Å². The van der Waals surface area contributed by atoms with Gasteiger partial charge < -0.3 is 102 Å². The first kappa shape index (κ1) is 107. The number of nitrogens with zero attached hydrogens (tertiary/aromatic N) is 9. The molecule has 136 heavy (non-hydrogen) atoms. The van der Waals surface area contributed by atoms with E-state index in [1.165, 1.54) is 42.1 Å². The maximum absolute atomic E-state index is 16.0. The quantitative estimate of drug-likeness (QED) is 0.0759. The van der Waals surface area contributed by atoms with E-state index in [1.807, 2.05) is 25.8 Å². The summed E-state index contributed by atoms with van der Waals surface area (Å²) in [5.41, 5.74) is -3.71. The molecule has 10 aliphatic rings. The van der Waals surface area contributed by atoms with E-state index < -0.39 is 220 Å². The van der Waals surface area contributed by atoms with Crippen molar-refractivity contribution in [3.05, 3.63) is 71.7 Å². The van der Waals surface area contributed by atoms with Crippen LogP contribution in [0.25, 0.3) is 33.1 Å². The van der Waals surface area contributed by atoms with Crippen molar-refractivity contribution in [1.29, 1.82) is 0 Å². The third-order valence-electron chi connectivity index (χ3n) is 27.0. The first-order valence-corrected chi connectivity index (χ1v) is 45.3. The predicted molar refractivity (Wildman–Crippen MR) is 465 cm³/mol. The number of amides is 6. The largest absolute Gasteiger partial charge is 0.540 e. The average Bonchev–Trinajstić information content (AvgIpc) is 1.58. The summed E-state index contributed by atoms with van der Waals surface area (Å²) < 4.78 is 164. The Bertz CT molecular complexity index is 5240. The molecule has 0 spiro atoms. The summed E-state index contributed by atoms with van der Waals surface area (Å²) in [7, 11) is 4.43. The Kier molecular flexibility index (Phi) is 33.9. The van der Waals surface area contributed by atoms with E-state index in [-0.39, 0.29) is 165 Å². The van der Waals surface area contributed by atoms with Crippen molar-refractivity contribution in [3.63, 3.8) is 0 Å². The minimum Gasteiger partial charge on any atom is -0.540 e. The Morgan fingerprint density at radius 2 is 0.846 bits per heavy atom. The molecule has 2 unspecified atom stereocenters. The average molecular weight is 2020 g/mol. The molecule has 3 aromatic heterocycles. The fraction of sp³-hybridized carbons (Fsp3) is 0.649. The second-order valence-electron chi connectivity index (χ2n) is 39.7. The monoisotopic (exact) mass is 2020 g/mol. The molecule has 739 valence electrons. The van der Waals surface area contributed by atoms with Crippen molar-refractivity contribution in [2.75, 3.05) is 67.4 Å². The molecule has 16 rings (SSSR count). The van der Waals surface area contributed by atoms with Crippen LogP contribution in [-0.2, 0) is 131 Å². The van der Waals surface area contributed by atoms with Crippen LogP contribution in [-0.4, -0.2) is 251 Å². The van der Waals surface area contributed by atoms with Crippen LogP contribution in [0.2, 0.25) is 0 Å². The van der Waals surface area contributed by atoms with Crippen molar-refractivity contribution >= 4 is 88.0 Å². The molecule has 4 saturated carbocycles. The van der Waals surface area contributed by atoms with Gasteiger partial charge in [-0.1, -0.05) is 108 Å². The minimum atomic E-state index is -3.48. The molecule has 6 amide bonds. The number of nitrogens with one attached hydrogen (secondary N) is 3. The van der Waals surface area contributed by atoms with E-state index in [0.717, 1.165) is 6.42 Å². The van der Waals surface area contributed by atoms with Gasteiger partial charge in [-0.15, -0.1) is 0 Å². The van der Waals surface area contributed by atoms with Crippen LogP contribution >= 0.6 is 0 Å². The van der Waals surface area contributed by atoms with E-state index in [1.54, 1.807) is 132 Å². The van der Waals surface area contributed by atoms with Gasteiger partial charge in [-0.2, -0.15) is 26.3 Å². The first-order valence-electron chi connectivity index (χ1n) is 45.3. The second-order valence-corrected chi connectivity index (χ2v) is 39.7. The molecule has 6 aromatic rings. The number of rotatable bonds is 7. The van der Waals surface area contributed by atoms with E-state index in [0.29, 0.717) is 61.7 Å². The number of fused-ring (bicyclic) bond motifs is 17. The number of alkyl halides is 6. The summed E-state index contributed by atoms with van der Waals surface area (Å²) in [5.74, 6) is -13.2. The van der Waals surface area contributed by atoms with E-state index >= 15 is 26.3 Å². The van der Waals surface area contributed by atoms with Gasteiger partial charge in [0.1, 0.15) is 71.5 Å². The minimum absolute atomic E-state index is 0. The number of methoxy groups -OCH3 is 3. The van der Waals surface area contributed by atoms with Gasteiger partial charge in [-0.05, 0) is 141 Å². The van der Waals surface area contributed by atoms with Gasteiger partial charge in [-0.3, -0.25) is 14.4 Å². The second kappa shape index (κ2) is 42.9. The molecule has 42 heteroatoms. The molecule has 3 saturated heterocycles. The summed E-state index contributed by atoms with van der Waals surface area (Å²) >= 11 is 0. The number of carbonyl (C=O) groups excluding carboxylic acids is 9. The summed E-state index contributed by atoms with van der Waals surface area (Å²) in [4.78, 5) is 148. The van der Waals surface area contributed by atoms with Gasteiger partial charge in [0.2, 0.25) is 35.4 Å². The third kappa shape index (κ3) is 23.5. The molecule has 3 radical (unpaired) electrons. The Balaban J connectivity index is 0.000000194. The van der Waals surface area contributed by atoms with Crippen molar-refractivity contribution in [3.8, 4) is 34.9 Å². The van der Waals surface area contributed by atoms with Gasteiger partial charge in [0, 0.05) is 112 Å². The van der Waals surface area contributed by atoms with Gasteiger partial charge in [0.25, 0.3) is 17.8 Å². The number of aromatic nitrogens is 6. The summed E-state index contributed by atoms with van der Waals surface area (Å²) in [6.07, 6.45) is 1.22. The summed E-state index contributed by atoms with van der Waals surface area (Å²) in [5, 5.41) is 8.17. The van der Waals surface area contributed by atoms with Gasteiger partial charge >= 0.3 is 18.3 Å². The zero-order chi connectivity index (χ0) is 96.1. The maximum atomic E-state index is 16.0. The van der Waals surface area contributed by atoms with Crippen molar-refractivity contribution in [2.45, 2.75) is 269 Å². The van der Waals surface area contributed by atoms with Crippen LogP contribution in [0.5, 0.6) is 34.9 Å². The number of carbonyl (C=O) groups is 6. The molecule has 6 bridgehead atoms. The number of hydrogen-bond acceptors (Lipinski definition) is 27. The van der Waals surface area contributed by atoms with Crippen LogP contribution in [0.3, 0.4) is 0 Å². The topological polar surface area (TPSA) is 388 Å². The summed E-state index contributed by atoms with van der Waals surface area (Å²) in [6, 6.07) is 7.81. The van der Waals surface area contributed by atoms with Crippen molar-refractivity contribution in [2.24, 2.45) is 51.8 Å². The normalized spacial score (nSPS) is 30.8. The van der Waals surface area contributed by atoms with Gasteiger partial charge in [-0.25, -0.2) is 63.1 Å². The van der Waals surface area contributed by atoms with Crippen LogP contribution in [0.1, 0.15) is 184 Å². The molecule has 20 atom stereocenters. The molecular weight excluding hydrogens is 1900 g/mol. The van der Waals surface area contributed by atoms with E-state index in [9.17, 15) is 43.2 Å². The molecular formula is C94H117F6N12O21V3-3. The van der Waals surface area contributed by atoms with Crippen LogP contribution < -0.4 is 44.4 Å². The van der Waals surface area contributed by atoms with Gasteiger partial charge in [0.15, 0.2) is 17.1 Å². The van der Waals surface area contributed by atoms with E-state index in [4.69, 9.17) is 56.8 Å². The van der Waals surface area contributed by atoms with Crippen LogP contribution in [0, 0.1) is 51.8 Å². The molecule has 33 nitrogen and oxygen atoms in total. The first-order chi connectivity index (χ1) is 62.8. The van der Waals surface area contributed by atoms with Gasteiger partial charge in [0.05, 0.1) is 99.5 Å². The molecule has 4 aliphatic carbocycles. The molecule has 3 aromatic carbocycles. The maximum Gasteiger partial charge on any atom is 0.408 e. The Morgan fingerprint density at radius 1 is 0.456 bits per heavy atom. The third-order valence-corrected chi connectivity index (χ3v) is 27.0. The van der Waals surface area contributed by atoms with E-state index in [2.05, 4.69) is 45.9 Å². The zero-order valence-electron chi connectivity index (χ0n) is 78.8. The standard InChI is InChI=1S/C32H39F2N4O7.C32H41F2N4O7.C30H37F2N4O7.3V/c1-16-22(15-39)38-14-24(16)44-28-26(35-20-8-7-18(42-5)13-21(20)36-28)32(33,34)9-6-10-43-25-19-11-17(19)12-23(25)45-30(41)37-27(29(38)40)31(2,3)4;1-18-22(17-39)38-16-23(18)44-27-25(35-20-11-10-19(42-6)15-21(20)36-27)32(33,34)13-8-14-43-24-9-7-12-31(24,5)45-29(41)37-26(28(38)40)30(2,3)4;1-6-18-21(14-37)36-13-23(18)42-26-24(33-19-8-7-17(40-5)12-20(19)34-26)30(31,32)9-10-41-15-16-11-22(16)43-28(39)35-25(27(36)38)29(2,3)4;;;/h7-8,13,16-17,19,22-25,27H,6,9-12,14H2,1-5H3,(H,37,41);10-11,15,18,22-24,26H,7-9,12-14,16H2,1-6H3,(H,37,41);7-8,12,16,18,21-23,25H,6,9-11,13,15H2,1-5H3,(H,35,39);;;/q3*-1;;;/t16-,17?,19?,22+,23+,24-,25+,27+;18-,22+,23-,24+,26+,31+;16-,18-,21+,22+,23-,25+;;;/m000.../s1. The smallest absolute Gasteiger partial charge is 0.408 e. The Labute approximate surface area is 820 Å². The number of benzene rings is 3. The van der Waals surface area contributed by atoms with Crippen LogP contribution in [0.15, 0.2) is 54.6 Å². The Hall–Kier alpha value is -9.08. The number of ether oxygens (including phenoxy) is 12. The molecule has 6 aliphatic heterocycles. The molecule has 7 fully saturated rings. The fourth-order valence-corrected chi connectivity index (χ4v) is 18.9. The molecule has 3 N–H and O–H groups in total. The zero-order valence-corrected chi connectivity index (χ0v) is 83.0.